The van der Waals surface area contributed by atoms with Crippen molar-refractivity contribution in [1.82, 2.24) is 15.5 Å². The third-order valence-corrected chi connectivity index (χ3v) is 5.99. The minimum atomic E-state index is 0.0602. The zero-order valence-electron chi connectivity index (χ0n) is 13.6. The van der Waals surface area contributed by atoms with Gasteiger partial charge in [0.05, 0.1) is 5.25 Å². The number of piperazine rings is 1. The van der Waals surface area contributed by atoms with Crippen molar-refractivity contribution in [2.75, 3.05) is 51.6 Å². The molecule has 0 aliphatic carbocycles. The van der Waals surface area contributed by atoms with E-state index in [1.165, 1.54) is 0 Å². The summed E-state index contributed by atoms with van der Waals surface area (Å²) in [6.07, 6.45) is 0.0602. The molecule has 2 unspecified atom stereocenters. The number of rotatable bonds is 2. The van der Waals surface area contributed by atoms with Crippen molar-refractivity contribution in [1.29, 1.82) is 0 Å². The van der Waals surface area contributed by atoms with Crippen LogP contribution in [0.3, 0.4) is 0 Å². The Morgan fingerprint density at radius 2 is 2.04 bits per heavy atom. The van der Waals surface area contributed by atoms with Crippen LogP contribution in [0.5, 0.6) is 11.5 Å². The molecule has 0 aromatic heterocycles. The summed E-state index contributed by atoms with van der Waals surface area (Å²) in [5.74, 6) is 2.60. The van der Waals surface area contributed by atoms with Crippen molar-refractivity contribution in [3.05, 3.63) is 23.8 Å². The Kier molecular flexibility index (Phi) is 4.82. The standard InChI is InChI=1S/C17H23N3O3S/c21-17(20-6-3-18-4-7-20)12-1-2-13-14(9-12)22-11-15(23-13)16-10-19-5-8-24-16/h1-2,9,15-16,18-19H,3-8,10-11H2. The van der Waals surface area contributed by atoms with Crippen LogP contribution in [0.25, 0.3) is 0 Å². The first kappa shape index (κ1) is 16.1. The van der Waals surface area contributed by atoms with Crippen LogP contribution in [-0.2, 0) is 0 Å². The van der Waals surface area contributed by atoms with E-state index in [9.17, 15) is 4.79 Å². The van der Waals surface area contributed by atoms with Gasteiger partial charge in [-0.25, -0.2) is 0 Å². The summed E-state index contributed by atoms with van der Waals surface area (Å²) in [5, 5.41) is 7.08. The maximum absolute atomic E-state index is 12.6. The van der Waals surface area contributed by atoms with Crippen LogP contribution >= 0.6 is 11.8 Å². The number of hydrogen-bond acceptors (Lipinski definition) is 6. The Balaban J connectivity index is 1.45. The molecule has 24 heavy (non-hydrogen) atoms. The Labute approximate surface area is 146 Å². The Morgan fingerprint density at radius 1 is 1.17 bits per heavy atom. The van der Waals surface area contributed by atoms with Crippen LogP contribution in [-0.4, -0.2) is 73.8 Å². The second kappa shape index (κ2) is 7.21. The maximum atomic E-state index is 12.6. The Hall–Kier alpha value is -1.44. The van der Waals surface area contributed by atoms with E-state index in [0.29, 0.717) is 23.2 Å². The fourth-order valence-electron chi connectivity index (χ4n) is 3.28. The van der Waals surface area contributed by atoms with Crippen LogP contribution in [0.4, 0.5) is 0 Å². The molecule has 0 saturated carbocycles. The minimum absolute atomic E-state index is 0.0602. The third kappa shape index (κ3) is 3.34. The van der Waals surface area contributed by atoms with E-state index in [0.717, 1.165) is 50.8 Å². The van der Waals surface area contributed by atoms with E-state index in [2.05, 4.69) is 10.6 Å². The van der Waals surface area contributed by atoms with Crippen LogP contribution in [0, 0.1) is 0 Å². The van der Waals surface area contributed by atoms with Gasteiger partial charge in [0.15, 0.2) is 11.5 Å². The maximum Gasteiger partial charge on any atom is 0.254 e. The molecule has 1 amide bonds. The van der Waals surface area contributed by atoms with E-state index in [1.807, 2.05) is 34.9 Å². The molecule has 0 radical (unpaired) electrons. The normalized spacial score (nSPS) is 26.9. The molecular weight excluding hydrogens is 326 g/mol. The molecule has 1 aromatic rings. The van der Waals surface area contributed by atoms with Gasteiger partial charge in [0.1, 0.15) is 12.7 Å². The van der Waals surface area contributed by atoms with Crippen LogP contribution < -0.4 is 20.1 Å². The zero-order chi connectivity index (χ0) is 16.4. The smallest absolute Gasteiger partial charge is 0.254 e. The highest BCUT2D eigenvalue weighted by atomic mass is 32.2. The van der Waals surface area contributed by atoms with Crippen LogP contribution in [0.15, 0.2) is 18.2 Å². The number of carbonyl (C=O) groups excluding carboxylic acids is 1. The molecule has 3 aliphatic heterocycles. The van der Waals surface area contributed by atoms with Crippen molar-refractivity contribution < 1.29 is 14.3 Å². The average Bonchev–Trinajstić information content (AvgIpc) is 2.68. The molecule has 2 fully saturated rings. The van der Waals surface area contributed by atoms with Crippen molar-refractivity contribution in [3.8, 4) is 11.5 Å². The molecule has 0 bridgehead atoms. The lowest BCUT2D eigenvalue weighted by molar-refractivity contribution is 0.0730. The summed E-state index contributed by atoms with van der Waals surface area (Å²) >= 11 is 1.94. The highest BCUT2D eigenvalue weighted by molar-refractivity contribution is 8.00. The van der Waals surface area contributed by atoms with E-state index >= 15 is 0 Å². The lowest BCUT2D eigenvalue weighted by Gasteiger charge is -2.34. The molecule has 3 aliphatic rings. The van der Waals surface area contributed by atoms with Gasteiger partial charge in [-0.2, -0.15) is 11.8 Å². The van der Waals surface area contributed by atoms with Crippen molar-refractivity contribution in [2.24, 2.45) is 0 Å². The van der Waals surface area contributed by atoms with Crippen LogP contribution in [0.1, 0.15) is 10.4 Å². The first-order valence-electron chi connectivity index (χ1n) is 8.57. The molecule has 2 atom stereocenters. The highest BCUT2D eigenvalue weighted by Crippen LogP contribution is 2.35. The summed E-state index contributed by atoms with van der Waals surface area (Å²) in [6, 6.07) is 5.54. The molecule has 4 rings (SSSR count). The zero-order valence-corrected chi connectivity index (χ0v) is 14.4. The number of amides is 1. The summed E-state index contributed by atoms with van der Waals surface area (Å²) < 4.78 is 12.0. The number of benzene rings is 1. The minimum Gasteiger partial charge on any atom is -0.486 e. The van der Waals surface area contributed by atoms with E-state index in [-0.39, 0.29) is 12.0 Å². The number of thioether (sulfide) groups is 1. The quantitative estimate of drug-likeness (QED) is 0.814. The number of fused-ring (bicyclic) bond motifs is 1. The number of hydrogen-bond donors (Lipinski definition) is 2. The molecule has 6 nitrogen and oxygen atoms in total. The predicted molar refractivity (Wildman–Crippen MR) is 94.2 cm³/mol. The first-order valence-corrected chi connectivity index (χ1v) is 9.62. The lowest BCUT2D eigenvalue weighted by atomic mass is 10.1. The van der Waals surface area contributed by atoms with Gasteiger partial charge in [-0.3, -0.25) is 4.79 Å². The third-order valence-electron chi connectivity index (χ3n) is 4.65. The first-order chi connectivity index (χ1) is 11.8. The summed E-state index contributed by atoms with van der Waals surface area (Å²) in [4.78, 5) is 14.5. The van der Waals surface area contributed by atoms with Gasteiger partial charge >= 0.3 is 0 Å². The molecular formula is C17H23N3O3S. The topological polar surface area (TPSA) is 62.8 Å². The predicted octanol–water partition coefficient (Wildman–Crippen LogP) is 0.577. The van der Waals surface area contributed by atoms with Crippen molar-refractivity contribution >= 4 is 17.7 Å². The number of carbonyl (C=O) groups is 1. The van der Waals surface area contributed by atoms with Crippen molar-refractivity contribution in [2.45, 2.75) is 11.4 Å². The number of nitrogens with zero attached hydrogens (tertiary/aromatic N) is 1. The molecule has 7 heteroatoms. The monoisotopic (exact) mass is 349 g/mol. The van der Waals surface area contributed by atoms with E-state index < -0.39 is 0 Å². The van der Waals surface area contributed by atoms with Crippen LogP contribution in [0.2, 0.25) is 0 Å². The largest absolute Gasteiger partial charge is 0.486 e. The fraction of sp³-hybridized carbons (Fsp3) is 0.588. The summed E-state index contributed by atoms with van der Waals surface area (Å²) in [6.45, 7) is 5.76. The molecule has 3 heterocycles. The SMILES string of the molecule is O=C(c1ccc2c(c1)OCC(C1CNCCS1)O2)N1CCNCC1. The van der Waals surface area contributed by atoms with E-state index in [1.54, 1.807) is 0 Å². The van der Waals surface area contributed by atoms with Gasteiger partial charge in [-0.15, -0.1) is 0 Å². The van der Waals surface area contributed by atoms with Gasteiger partial charge < -0.3 is 25.0 Å². The Morgan fingerprint density at radius 3 is 2.83 bits per heavy atom. The summed E-state index contributed by atoms with van der Waals surface area (Å²) in [7, 11) is 0. The second-order valence-corrected chi connectivity index (χ2v) is 7.63. The van der Waals surface area contributed by atoms with Crippen molar-refractivity contribution in [3.63, 3.8) is 0 Å². The number of ether oxygens (including phenoxy) is 2. The lowest BCUT2D eigenvalue weighted by Crippen LogP contribution is -2.47. The van der Waals surface area contributed by atoms with Gasteiger partial charge in [0.2, 0.25) is 0 Å². The molecule has 2 N–H and O–H groups in total. The summed E-state index contributed by atoms with van der Waals surface area (Å²) in [5.41, 5.74) is 0.673. The van der Waals surface area contributed by atoms with Gasteiger partial charge in [0.25, 0.3) is 5.91 Å². The average molecular weight is 349 g/mol. The van der Waals surface area contributed by atoms with Gasteiger partial charge in [0, 0.05) is 50.6 Å². The molecule has 2 saturated heterocycles. The molecule has 1 aromatic carbocycles. The number of nitrogens with one attached hydrogen (secondary N) is 2. The molecule has 130 valence electrons. The fourth-order valence-corrected chi connectivity index (χ4v) is 4.43. The molecule has 0 spiro atoms. The van der Waals surface area contributed by atoms with E-state index in [4.69, 9.17) is 9.47 Å². The highest BCUT2D eigenvalue weighted by Gasteiger charge is 2.31. The van der Waals surface area contributed by atoms with Gasteiger partial charge in [-0.05, 0) is 18.2 Å². The van der Waals surface area contributed by atoms with Gasteiger partial charge in [-0.1, -0.05) is 0 Å². The second-order valence-electron chi connectivity index (χ2n) is 6.28. The Bertz CT molecular complexity index is 601.